The topological polar surface area (TPSA) is 29.5 Å². The van der Waals surface area contributed by atoms with Crippen LogP contribution in [-0.4, -0.2) is 24.9 Å². The van der Waals surface area contributed by atoms with Crippen molar-refractivity contribution in [1.82, 2.24) is 0 Å². The van der Waals surface area contributed by atoms with E-state index in [9.17, 15) is 0 Å². The molecule has 0 fully saturated rings. The first kappa shape index (κ1) is 19.9. The second-order valence-electron chi connectivity index (χ2n) is 6.41. The molecule has 2 heteroatoms. The molecule has 0 aromatic carbocycles. The highest BCUT2D eigenvalue weighted by Gasteiger charge is 1.95. The maximum atomic E-state index is 8.60. The molecule has 122 valence electrons. The second kappa shape index (κ2) is 17.0. The Balaban J connectivity index is 2.92. The number of hydrogen-bond acceptors (Lipinski definition) is 2. The van der Waals surface area contributed by atoms with Crippen molar-refractivity contribution in [3.05, 3.63) is 0 Å². The minimum Gasteiger partial charge on any atom is -0.396 e. The summed E-state index contributed by atoms with van der Waals surface area (Å²) in [5, 5.41) is 8.60. The van der Waals surface area contributed by atoms with Gasteiger partial charge in [0.25, 0.3) is 0 Å². The first-order valence-electron chi connectivity index (χ1n) is 8.96. The average Bonchev–Trinajstić information content (AvgIpc) is 2.43. The van der Waals surface area contributed by atoms with Crippen LogP contribution in [0, 0.1) is 5.92 Å². The van der Waals surface area contributed by atoms with Gasteiger partial charge in [-0.15, -0.1) is 0 Å². The number of aliphatic hydroxyl groups excluding tert-OH is 1. The van der Waals surface area contributed by atoms with E-state index in [4.69, 9.17) is 9.84 Å². The predicted molar refractivity (Wildman–Crippen MR) is 88.1 cm³/mol. The molecular weight excluding hydrogens is 248 g/mol. The number of unbranched alkanes of at least 4 members (excludes halogenated alkanes) is 9. The summed E-state index contributed by atoms with van der Waals surface area (Å²) in [5.41, 5.74) is 0. The molecule has 0 rings (SSSR count). The Labute approximate surface area is 127 Å². The van der Waals surface area contributed by atoms with Crippen LogP contribution in [0.3, 0.4) is 0 Å². The van der Waals surface area contributed by atoms with Crippen molar-refractivity contribution in [2.45, 2.75) is 90.9 Å². The lowest BCUT2D eigenvalue weighted by atomic mass is 10.0. The summed E-state index contributed by atoms with van der Waals surface area (Å²) >= 11 is 0. The molecule has 2 nitrogen and oxygen atoms in total. The van der Waals surface area contributed by atoms with E-state index in [1.54, 1.807) is 0 Å². The summed E-state index contributed by atoms with van der Waals surface area (Å²) in [6.07, 6.45) is 16.0. The largest absolute Gasteiger partial charge is 0.396 e. The molecule has 0 radical (unpaired) electrons. The molecular formula is C18H38O2. The Morgan fingerprint density at radius 2 is 1.10 bits per heavy atom. The monoisotopic (exact) mass is 286 g/mol. The fourth-order valence-electron chi connectivity index (χ4n) is 2.44. The zero-order chi connectivity index (χ0) is 14.9. The van der Waals surface area contributed by atoms with Gasteiger partial charge in [-0.25, -0.2) is 0 Å². The van der Waals surface area contributed by atoms with Crippen LogP contribution in [0.5, 0.6) is 0 Å². The van der Waals surface area contributed by atoms with Crippen LogP contribution in [-0.2, 0) is 4.74 Å². The molecule has 0 aliphatic rings. The molecule has 0 amide bonds. The van der Waals surface area contributed by atoms with E-state index in [2.05, 4.69) is 13.8 Å². The minimum atomic E-state index is 0.247. The lowest BCUT2D eigenvalue weighted by molar-refractivity contribution is 0.112. The molecule has 0 bridgehead atoms. The van der Waals surface area contributed by atoms with Gasteiger partial charge in [-0.1, -0.05) is 78.1 Å². The van der Waals surface area contributed by atoms with Crippen LogP contribution in [0.1, 0.15) is 90.9 Å². The van der Waals surface area contributed by atoms with Gasteiger partial charge in [0.1, 0.15) is 0 Å². The van der Waals surface area contributed by atoms with Crippen LogP contribution in [0.15, 0.2) is 0 Å². The van der Waals surface area contributed by atoms with Gasteiger partial charge in [-0.3, -0.25) is 0 Å². The van der Waals surface area contributed by atoms with E-state index >= 15 is 0 Å². The van der Waals surface area contributed by atoms with Crippen molar-refractivity contribution in [3.8, 4) is 0 Å². The van der Waals surface area contributed by atoms with Crippen LogP contribution in [0.2, 0.25) is 0 Å². The quantitative estimate of drug-likeness (QED) is 0.388. The van der Waals surface area contributed by atoms with Gasteiger partial charge < -0.3 is 9.84 Å². The number of ether oxygens (including phenoxy) is 1. The summed E-state index contributed by atoms with van der Waals surface area (Å²) in [5.74, 6) is 0.877. The number of hydrogen-bond donors (Lipinski definition) is 1. The van der Waals surface area contributed by atoms with Crippen LogP contribution < -0.4 is 0 Å². The van der Waals surface area contributed by atoms with Gasteiger partial charge >= 0.3 is 0 Å². The molecule has 0 atom stereocenters. The number of aliphatic hydroxyl groups is 1. The molecule has 0 aliphatic heterocycles. The first-order chi connectivity index (χ1) is 9.77. The average molecular weight is 286 g/mol. The predicted octanol–water partition coefficient (Wildman–Crippen LogP) is 5.33. The van der Waals surface area contributed by atoms with Gasteiger partial charge in [0.05, 0.1) is 0 Å². The van der Waals surface area contributed by atoms with Crippen molar-refractivity contribution in [3.63, 3.8) is 0 Å². The standard InChI is InChI=1S/C18H38O2/c1-18(2)14-11-9-7-5-3-4-6-8-10-12-16-20-17-13-15-19/h18-19H,3-17H2,1-2H3. The third kappa shape index (κ3) is 17.9. The van der Waals surface area contributed by atoms with Gasteiger partial charge in [0.2, 0.25) is 0 Å². The Kier molecular flexibility index (Phi) is 16.9. The highest BCUT2D eigenvalue weighted by molar-refractivity contribution is 4.50. The molecule has 0 aliphatic carbocycles. The van der Waals surface area contributed by atoms with Crippen molar-refractivity contribution >= 4 is 0 Å². The van der Waals surface area contributed by atoms with Gasteiger partial charge in [-0.05, 0) is 18.8 Å². The van der Waals surface area contributed by atoms with Crippen molar-refractivity contribution in [2.75, 3.05) is 19.8 Å². The normalized spacial score (nSPS) is 11.4. The van der Waals surface area contributed by atoms with Crippen LogP contribution in [0.25, 0.3) is 0 Å². The third-order valence-electron chi connectivity index (χ3n) is 3.77. The first-order valence-corrected chi connectivity index (χ1v) is 8.96. The summed E-state index contributed by atoms with van der Waals surface area (Å²) in [6.45, 7) is 6.47. The van der Waals surface area contributed by atoms with Crippen molar-refractivity contribution in [2.24, 2.45) is 5.92 Å². The zero-order valence-corrected chi connectivity index (χ0v) is 14.0. The highest BCUT2D eigenvalue weighted by atomic mass is 16.5. The van der Waals surface area contributed by atoms with Crippen LogP contribution >= 0.6 is 0 Å². The molecule has 1 N–H and O–H groups in total. The lowest BCUT2D eigenvalue weighted by Gasteiger charge is -2.05. The van der Waals surface area contributed by atoms with Gasteiger partial charge in [-0.2, -0.15) is 0 Å². The third-order valence-corrected chi connectivity index (χ3v) is 3.77. The van der Waals surface area contributed by atoms with Gasteiger partial charge in [0.15, 0.2) is 0 Å². The summed E-state index contributed by atoms with van der Waals surface area (Å²) in [6, 6.07) is 0. The molecule has 0 aromatic heterocycles. The minimum absolute atomic E-state index is 0.247. The Hall–Kier alpha value is -0.0800. The lowest BCUT2D eigenvalue weighted by Crippen LogP contribution is -1.98. The maximum absolute atomic E-state index is 8.60. The Morgan fingerprint density at radius 3 is 1.60 bits per heavy atom. The molecule has 0 heterocycles. The maximum Gasteiger partial charge on any atom is 0.0487 e. The van der Waals surface area contributed by atoms with E-state index in [0.717, 1.165) is 18.9 Å². The van der Waals surface area contributed by atoms with E-state index < -0.39 is 0 Å². The molecule has 0 spiro atoms. The molecule has 0 saturated carbocycles. The van der Waals surface area contributed by atoms with Crippen LogP contribution in [0.4, 0.5) is 0 Å². The smallest absolute Gasteiger partial charge is 0.0487 e. The van der Waals surface area contributed by atoms with Crippen molar-refractivity contribution < 1.29 is 9.84 Å². The van der Waals surface area contributed by atoms with Crippen molar-refractivity contribution in [1.29, 1.82) is 0 Å². The zero-order valence-electron chi connectivity index (χ0n) is 14.0. The van der Waals surface area contributed by atoms with E-state index in [0.29, 0.717) is 6.61 Å². The molecule has 20 heavy (non-hydrogen) atoms. The summed E-state index contributed by atoms with van der Waals surface area (Å²) < 4.78 is 5.41. The van der Waals surface area contributed by atoms with E-state index in [1.807, 2.05) is 0 Å². The van der Waals surface area contributed by atoms with E-state index in [-0.39, 0.29) is 6.61 Å². The Morgan fingerprint density at radius 1 is 0.650 bits per heavy atom. The molecule has 0 unspecified atom stereocenters. The summed E-state index contributed by atoms with van der Waals surface area (Å²) in [4.78, 5) is 0. The molecule has 0 aromatic rings. The second-order valence-corrected chi connectivity index (χ2v) is 6.41. The fourth-order valence-corrected chi connectivity index (χ4v) is 2.44. The Bertz CT molecular complexity index is 169. The van der Waals surface area contributed by atoms with E-state index in [1.165, 1.54) is 70.6 Å². The SMILES string of the molecule is CC(C)CCCCCCCCCCCCOCCCO. The fraction of sp³-hybridized carbons (Fsp3) is 1.00. The highest BCUT2D eigenvalue weighted by Crippen LogP contribution is 2.13. The molecule has 0 saturated heterocycles. The summed E-state index contributed by atoms with van der Waals surface area (Å²) in [7, 11) is 0. The number of rotatable bonds is 16. The van der Waals surface area contributed by atoms with Gasteiger partial charge in [0, 0.05) is 19.8 Å².